The summed E-state index contributed by atoms with van der Waals surface area (Å²) in [5.74, 6) is -0.0636. The molecule has 0 aliphatic carbocycles. The predicted octanol–water partition coefficient (Wildman–Crippen LogP) is 6.51. The molecule has 1 aliphatic rings. The summed E-state index contributed by atoms with van der Waals surface area (Å²) in [6.07, 6.45) is 19.6. The Bertz CT molecular complexity index is 293. The molecule has 0 aromatic heterocycles. The molecule has 0 amide bonds. The van der Waals surface area contributed by atoms with E-state index in [4.69, 9.17) is 0 Å². The third kappa shape index (κ3) is 11.9. The van der Waals surface area contributed by atoms with Crippen molar-refractivity contribution in [2.45, 2.75) is 114 Å². The highest BCUT2D eigenvalue weighted by Gasteiger charge is 2.36. The average Bonchev–Trinajstić information content (AvgIpc) is 3.31. The first-order valence-electron chi connectivity index (χ1n) is 10.00. The van der Waals surface area contributed by atoms with E-state index in [-0.39, 0.29) is 5.97 Å². The molecule has 0 aromatic rings. The SMILES string of the molecule is CCCCC1SC1CCCCCCCCCCCCC(=O)OC. The predicted molar refractivity (Wildman–Crippen MR) is 102 cm³/mol. The van der Waals surface area contributed by atoms with Gasteiger partial charge in [0.1, 0.15) is 0 Å². The van der Waals surface area contributed by atoms with Crippen molar-refractivity contribution in [3.8, 4) is 0 Å². The van der Waals surface area contributed by atoms with Crippen molar-refractivity contribution in [3.05, 3.63) is 0 Å². The van der Waals surface area contributed by atoms with Gasteiger partial charge in [0.05, 0.1) is 7.11 Å². The van der Waals surface area contributed by atoms with Crippen LogP contribution in [0.3, 0.4) is 0 Å². The maximum Gasteiger partial charge on any atom is 0.305 e. The number of rotatable bonds is 16. The van der Waals surface area contributed by atoms with Gasteiger partial charge in [-0.2, -0.15) is 11.8 Å². The van der Waals surface area contributed by atoms with Crippen molar-refractivity contribution in [3.63, 3.8) is 0 Å². The fourth-order valence-electron chi connectivity index (χ4n) is 3.22. The van der Waals surface area contributed by atoms with Crippen molar-refractivity contribution in [1.29, 1.82) is 0 Å². The van der Waals surface area contributed by atoms with Crippen LogP contribution in [0.1, 0.15) is 103 Å². The number of esters is 1. The minimum absolute atomic E-state index is 0.0636. The summed E-state index contributed by atoms with van der Waals surface area (Å²) < 4.78 is 4.64. The molecule has 0 N–H and O–H groups in total. The minimum atomic E-state index is -0.0636. The van der Waals surface area contributed by atoms with E-state index in [1.807, 2.05) is 0 Å². The zero-order valence-corrected chi connectivity index (χ0v) is 16.3. The summed E-state index contributed by atoms with van der Waals surface area (Å²) in [4.78, 5) is 11.0. The van der Waals surface area contributed by atoms with Gasteiger partial charge in [-0.25, -0.2) is 0 Å². The van der Waals surface area contributed by atoms with Gasteiger partial charge in [-0.15, -0.1) is 0 Å². The molecule has 1 heterocycles. The van der Waals surface area contributed by atoms with Gasteiger partial charge in [0.25, 0.3) is 0 Å². The van der Waals surface area contributed by atoms with Gasteiger partial charge in [-0.1, -0.05) is 77.6 Å². The summed E-state index contributed by atoms with van der Waals surface area (Å²) in [7, 11) is 1.47. The zero-order valence-electron chi connectivity index (χ0n) is 15.5. The summed E-state index contributed by atoms with van der Waals surface area (Å²) in [5.41, 5.74) is 0. The molecule has 1 rings (SSSR count). The number of hydrogen-bond donors (Lipinski definition) is 0. The number of methoxy groups -OCH3 is 1. The van der Waals surface area contributed by atoms with Gasteiger partial charge >= 0.3 is 5.97 Å². The molecule has 3 heteroatoms. The smallest absolute Gasteiger partial charge is 0.305 e. The van der Waals surface area contributed by atoms with Gasteiger partial charge < -0.3 is 4.74 Å². The Kier molecular flexibility index (Phi) is 12.9. The van der Waals surface area contributed by atoms with Crippen molar-refractivity contribution in [2.75, 3.05) is 7.11 Å². The normalized spacial score (nSPS) is 19.7. The molecule has 136 valence electrons. The van der Waals surface area contributed by atoms with Gasteiger partial charge in [0.2, 0.25) is 0 Å². The lowest BCUT2D eigenvalue weighted by molar-refractivity contribution is -0.140. The second kappa shape index (κ2) is 14.2. The van der Waals surface area contributed by atoms with Crippen LogP contribution in [-0.4, -0.2) is 23.6 Å². The maximum atomic E-state index is 11.0. The van der Waals surface area contributed by atoms with Crippen LogP contribution < -0.4 is 0 Å². The van der Waals surface area contributed by atoms with E-state index < -0.39 is 0 Å². The molecular weight excluding hydrogens is 304 g/mol. The van der Waals surface area contributed by atoms with Crippen LogP contribution in [0.2, 0.25) is 0 Å². The van der Waals surface area contributed by atoms with Crippen LogP contribution in [0.4, 0.5) is 0 Å². The summed E-state index contributed by atoms with van der Waals surface area (Å²) in [6, 6.07) is 0. The van der Waals surface area contributed by atoms with Gasteiger partial charge in [-0.3, -0.25) is 4.79 Å². The standard InChI is InChI=1S/C20H38O2S/c1-3-4-15-18-19(23-18)16-13-11-9-7-5-6-8-10-12-14-17-20(21)22-2/h18-19H,3-17H2,1-2H3. The second-order valence-electron chi connectivity index (χ2n) is 7.01. The molecule has 2 unspecified atom stereocenters. The summed E-state index contributed by atoms with van der Waals surface area (Å²) >= 11 is 2.23. The number of carbonyl (C=O) groups excluding carboxylic acids is 1. The van der Waals surface area contributed by atoms with Crippen LogP contribution in [0, 0.1) is 0 Å². The van der Waals surface area contributed by atoms with Gasteiger partial charge in [0.15, 0.2) is 0 Å². The van der Waals surface area contributed by atoms with E-state index in [9.17, 15) is 4.79 Å². The van der Waals surface area contributed by atoms with Gasteiger partial charge in [0, 0.05) is 16.9 Å². The fraction of sp³-hybridized carbons (Fsp3) is 0.950. The van der Waals surface area contributed by atoms with E-state index in [1.165, 1.54) is 90.6 Å². The van der Waals surface area contributed by atoms with Crippen LogP contribution in [0.15, 0.2) is 0 Å². The van der Waals surface area contributed by atoms with Crippen LogP contribution >= 0.6 is 11.8 Å². The van der Waals surface area contributed by atoms with E-state index in [0.717, 1.165) is 16.9 Å². The Hall–Kier alpha value is -0.180. The number of ether oxygens (including phenoxy) is 1. The third-order valence-electron chi connectivity index (χ3n) is 4.88. The van der Waals surface area contributed by atoms with Crippen molar-refractivity contribution in [2.24, 2.45) is 0 Å². The first-order valence-corrected chi connectivity index (χ1v) is 10.9. The van der Waals surface area contributed by atoms with E-state index in [0.29, 0.717) is 6.42 Å². The topological polar surface area (TPSA) is 26.3 Å². The zero-order chi connectivity index (χ0) is 16.8. The highest BCUT2D eigenvalue weighted by molar-refractivity contribution is 8.07. The molecule has 1 saturated heterocycles. The van der Waals surface area contributed by atoms with Crippen LogP contribution in [0.5, 0.6) is 0 Å². The number of hydrogen-bond acceptors (Lipinski definition) is 3. The first-order chi connectivity index (χ1) is 11.3. The van der Waals surface area contributed by atoms with Gasteiger partial charge in [-0.05, 0) is 19.3 Å². The molecule has 0 saturated carbocycles. The van der Waals surface area contributed by atoms with E-state index >= 15 is 0 Å². The monoisotopic (exact) mass is 342 g/mol. The number of thioether (sulfide) groups is 1. The average molecular weight is 343 g/mol. The third-order valence-corrected chi connectivity index (χ3v) is 6.39. The molecule has 23 heavy (non-hydrogen) atoms. The van der Waals surface area contributed by atoms with Crippen molar-refractivity contribution in [1.82, 2.24) is 0 Å². The first kappa shape index (κ1) is 20.9. The molecule has 1 fully saturated rings. The Morgan fingerprint density at radius 3 is 1.78 bits per heavy atom. The highest BCUT2D eigenvalue weighted by Crippen LogP contribution is 2.47. The quantitative estimate of drug-likeness (QED) is 0.181. The Balaban J connectivity index is 1.70. The van der Waals surface area contributed by atoms with Crippen LogP contribution in [0.25, 0.3) is 0 Å². The molecule has 0 spiro atoms. The summed E-state index contributed by atoms with van der Waals surface area (Å²) in [6.45, 7) is 2.30. The van der Waals surface area contributed by atoms with Crippen molar-refractivity contribution < 1.29 is 9.53 Å². The number of unbranched alkanes of at least 4 members (excludes halogenated alkanes) is 10. The maximum absolute atomic E-state index is 11.0. The summed E-state index contributed by atoms with van der Waals surface area (Å²) in [5, 5.41) is 2.04. The molecule has 2 atom stereocenters. The molecular formula is C20H38O2S. The number of carbonyl (C=O) groups is 1. The van der Waals surface area contributed by atoms with E-state index in [2.05, 4.69) is 23.4 Å². The van der Waals surface area contributed by atoms with Crippen molar-refractivity contribution >= 4 is 17.7 Å². The molecule has 1 aliphatic heterocycles. The lowest BCUT2D eigenvalue weighted by atomic mass is 10.0. The molecule has 0 aromatic carbocycles. The lowest BCUT2D eigenvalue weighted by Crippen LogP contribution is -1.99. The lowest BCUT2D eigenvalue weighted by Gasteiger charge is -2.03. The Morgan fingerprint density at radius 2 is 1.26 bits per heavy atom. The molecule has 0 radical (unpaired) electrons. The Morgan fingerprint density at radius 1 is 0.783 bits per heavy atom. The Labute approximate surface area is 148 Å². The fourth-order valence-corrected chi connectivity index (χ4v) is 4.46. The highest BCUT2D eigenvalue weighted by atomic mass is 32.2. The van der Waals surface area contributed by atoms with E-state index in [1.54, 1.807) is 0 Å². The van der Waals surface area contributed by atoms with Crippen LogP contribution in [-0.2, 0) is 9.53 Å². The minimum Gasteiger partial charge on any atom is -0.469 e. The molecule has 2 nitrogen and oxygen atoms in total. The molecule has 0 bridgehead atoms. The largest absolute Gasteiger partial charge is 0.469 e. The second-order valence-corrected chi connectivity index (χ2v) is 8.49.